The predicted molar refractivity (Wildman–Crippen MR) is 73.3 cm³/mol. The highest BCUT2D eigenvalue weighted by Crippen LogP contribution is 2.37. The van der Waals surface area contributed by atoms with Gasteiger partial charge in [-0.15, -0.1) is 16.4 Å². The molecular formula is C9H8Br2N4O2S. The molecule has 0 aliphatic carbocycles. The number of carbonyl (C=O) groups is 1. The summed E-state index contributed by atoms with van der Waals surface area (Å²) in [7, 11) is 0. The summed E-state index contributed by atoms with van der Waals surface area (Å²) in [4.78, 5) is 10.8. The van der Waals surface area contributed by atoms with E-state index in [4.69, 9.17) is 5.11 Å². The first-order valence-corrected chi connectivity index (χ1v) is 7.33. The fraction of sp³-hybridized carbons (Fsp3) is 0.333. The van der Waals surface area contributed by atoms with E-state index in [-0.39, 0.29) is 6.54 Å². The minimum absolute atomic E-state index is 0.234. The zero-order valence-electron chi connectivity index (χ0n) is 9.17. The van der Waals surface area contributed by atoms with Crippen LogP contribution in [0.1, 0.15) is 6.92 Å². The van der Waals surface area contributed by atoms with Crippen LogP contribution < -0.4 is 0 Å². The summed E-state index contributed by atoms with van der Waals surface area (Å²) in [6.07, 6.45) is 0. The zero-order valence-corrected chi connectivity index (χ0v) is 13.2. The van der Waals surface area contributed by atoms with Crippen LogP contribution >= 0.6 is 43.2 Å². The maximum absolute atomic E-state index is 10.8. The number of hydrogen-bond acceptors (Lipinski definition) is 5. The Labute approximate surface area is 123 Å². The van der Waals surface area contributed by atoms with Gasteiger partial charge in [-0.2, -0.15) is 0 Å². The first-order chi connectivity index (χ1) is 8.49. The molecule has 0 radical (unpaired) electrons. The number of aromatic nitrogens is 4. The van der Waals surface area contributed by atoms with Crippen LogP contribution in [0.15, 0.2) is 13.6 Å². The van der Waals surface area contributed by atoms with E-state index >= 15 is 0 Å². The molecule has 2 heterocycles. The quantitative estimate of drug-likeness (QED) is 0.860. The average Bonchev–Trinajstić information content (AvgIpc) is 2.85. The summed E-state index contributed by atoms with van der Waals surface area (Å²) in [6.45, 7) is 1.85. The van der Waals surface area contributed by atoms with Gasteiger partial charge in [0.25, 0.3) is 0 Å². The number of carboxylic acid groups (broad SMARTS) is 1. The highest BCUT2D eigenvalue weighted by Gasteiger charge is 2.19. The SMILES string of the molecule is CC(Cn1nnnc1-c1cc(Br)sc1Br)C(=O)O. The Kier molecular flexibility index (Phi) is 4.13. The molecule has 2 aromatic heterocycles. The van der Waals surface area contributed by atoms with Crippen molar-refractivity contribution in [3.8, 4) is 11.4 Å². The third-order valence-electron chi connectivity index (χ3n) is 2.30. The van der Waals surface area contributed by atoms with Crippen molar-refractivity contribution < 1.29 is 9.90 Å². The largest absolute Gasteiger partial charge is 0.481 e. The van der Waals surface area contributed by atoms with Crippen molar-refractivity contribution in [2.24, 2.45) is 5.92 Å². The van der Waals surface area contributed by atoms with E-state index in [0.717, 1.165) is 13.1 Å². The van der Waals surface area contributed by atoms with Crippen molar-refractivity contribution in [1.29, 1.82) is 0 Å². The van der Waals surface area contributed by atoms with E-state index in [1.807, 2.05) is 6.07 Å². The first-order valence-electron chi connectivity index (χ1n) is 4.93. The second-order valence-electron chi connectivity index (χ2n) is 3.66. The summed E-state index contributed by atoms with van der Waals surface area (Å²) < 4.78 is 3.34. The topological polar surface area (TPSA) is 80.9 Å². The van der Waals surface area contributed by atoms with E-state index in [9.17, 15) is 4.79 Å². The predicted octanol–water partition coefficient (Wildman–Crippen LogP) is 2.65. The summed E-state index contributed by atoms with van der Waals surface area (Å²) >= 11 is 8.32. The van der Waals surface area contributed by atoms with Gasteiger partial charge in [0.05, 0.1) is 20.0 Å². The molecule has 1 unspecified atom stereocenters. The monoisotopic (exact) mass is 394 g/mol. The standard InChI is InChI=1S/C9H8Br2N4O2S/c1-4(9(16)17)3-15-8(12-13-14-15)5-2-6(10)18-7(5)11/h2,4H,3H2,1H3,(H,16,17). The van der Waals surface area contributed by atoms with Crippen molar-refractivity contribution in [2.45, 2.75) is 13.5 Å². The van der Waals surface area contributed by atoms with Crippen LogP contribution in [0.5, 0.6) is 0 Å². The molecule has 0 aromatic carbocycles. The second kappa shape index (κ2) is 5.45. The number of thiophene rings is 1. The van der Waals surface area contributed by atoms with Crippen LogP contribution in [-0.4, -0.2) is 31.3 Å². The minimum Gasteiger partial charge on any atom is -0.481 e. The van der Waals surface area contributed by atoms with Gasteiger partial charge in [-0.1, -0.05) is 6.92 Å². The van der Waals surface area contributed by atoms with Gasteiger partial charge >= 0.3 is 5.97 Å². The number of tetrazole rings is 1. The molecule has 1 atom stereocenters. The van der Waals surface area contributed by atoms with Crippen molar-refractivity contribution in [1.82, 2.24) is 20.2 Å². The van der Waals surface area contributed by atoms with Crippen molar-refractivity contribution in [3.05, 3.63) is 13.6 Å². The van der Waals surface area contributed by atoms with Crippen molar-refractivity contribution in [2.75, 3.05) is 0 Å². The van der Waals surface area contributed by atoms with E-state index in [1.54, 1.807) is 6.92 Å². The molecule has 0 aliphatic heterocycles. The molecule has 0 spiro atoms. The third kappa shape index (κ3) is 2.78. The summed E-state index contributed by atoms with van der Waals surface area (Å²) in [6, 6.07) is 1.89. The molecule has 96 valence electrons. The molecule has 0 saturated heterocycles. The van der Waals surface area contributed by atoms with Gasteiger partial charge in [0, 0.05) is 5.56 Å². The minimum atomic E-state index is -0.873. The van der Waals surface area contributed by atoms with E-state index in [0.29, 0.717) is 5.82 Å². The smallest absolute Gasteiger partial charge is 0.308 e. The molecular weight excluding hydrogens is 388 g/mol. The van der Waals surface area contributed by atoms with Gasteiger partial charge in [0.15, 0.2) is 5.82 Å². The molecule has 2 rings (SSSR count). The Morgan fingerprint density at radius 1 is 1.61 bits per heavy atom. The molecule has 0 saturated carbocycles. The summed E-state index contributed by atoms with van der Waals surface area (Å²) in [5, 5.41) is 20.3. The molecule has 18 heavy (non-hydrogen) atoms. The second-order valence-corrected chi connectivity index (χ2v) is 7.41. The molecule has 0 bridgehead atoms. The maximum Gasteiger partial charge on any atom is 0.308 e. The van der Waals surface area contributed by atoms with E-state index in [2.05, 4.69) is 47.4 Å². The third-order valence-corrected chi connectivity index (χ3v) is 4.64. The summed E-state index contributed by atoms with van der Waals surface area (Å²) in [5.41, 5.74) is 0.842. The molecule has 6 nitrogen and oxygen atoms in total. The fourth-order valence-corrected chi connectivity index (χ4v) is 4.14. The van der Waals surface area contributed by atoms with Crippen molar-refractivity contribution in [3.63, 3.8) is 0 Å². The lowest BCUT2D eigenvalue weighted by atomic mass is 10.2. The highest BCUT2D eigenvalue weighted by atomic mass is 79.9. The Morgan fingerprint density at radius 2 is 2.33 bits per heavy atom. The van der Waals surface area contributed by atoms with Gasteiger partial charge in [-0.25, -0.2) is 4.68 Å². The van der Waals surface area contributed by atoms with Gasteiger partial charge < -0.3 is 5.11 Å². The Hall–Kier alpha value is -0.800. The van der Waals surface area contributed by atoms with Crippen molar-refractivity contribution >= 4 is 49.2 Å². The zero-order chi connectivity index (χ0) is 13.3. The first kappa shape index (κ1) is 13.6. The highest BCUT2D eigenvalue weighted by molar-refractivity contribution is 9.12. The van der Waals surface area contributed by atoms with Crippen LogP contribution in [-0.2, 0) is 11.3 Å². The Balaban J connectivity index is 2.33. The molecule has 0 amide bonds. The summed E-state index contributed by atoms with van der Waals surface area (Å²) in [5.74, 6) is -0.868. The lowest BCUT2D eigenvalue weighted by Crippen LogP contribution is -2.18. The number of carboxylic acids is 1. The number of hydrogen-bond donors (Lipinski definition) is 1. The van der Waals surface area contributed by atoms with Crippen LogP contribution in [0, 0.1) is 5.92 Å². The van der Waals surface area contributed by atoms with Crippen LogP contribution in [0.2, 0.25) is 0 Å². The Morgan fingerprint density at radius 3 is 2.89 bits per heavy atom. The van der Waals surface area contributed by atoms with Crippen LogP contribution in [0.4, 0.5) is 0 Å². The molecule has 9 heteroatoms. The Bertz CT molecular complexity index is 583. The van der Waals surface area contributed by atoms with Gasteiger partial charge in [0.2, 0.25) is 0 Å². The number of rotatable bonds is 4. The lowest BCUT2D eigenvalue weighted by Gasteiger charge is -2.07. The van der Waals surface area contributed by atoms with E-state index < -0.39 is 11.9 Å². The molecule has 1 N–H and O–H groups in total. The fourth-order valence-electron chi connectivity index (χ4n) is 1.35. The van der Waals surface area contributed by atoms with Crippen LogP contribution in [0.25, 0.3) is 11.4 Å². The van der Waals surface area contributed by atoms with Gasteiger partial charge in [0.1, 0.15) is 0 Å². The normalized spacial score (nSPS) is 12.6. The molecule has 0 fully saturated rings. The molecule has 0 aliphatic rings. The molecule has 2 aromatic rings. The number of nitrogens with zero attached hydrogens (tertiary/aromatic N) is 4. The number of aliphatic carboxylic acids is 1. The van der Waals surface area contributed by atoms with Gasteiger partial charge in [-0.05, 0) is 48.4 Å². The maximum atomic E-state index is 10.8. The van der Waals surface area contributed by atoms with E-state index in [1.165, 1.54) is 16.0 Å². The van der Waals surface area contributed by atoms with Crippen LogP contribution in [0.3, 0.4) is 0 Å². The lowest BCUT2D eigenvalue weighted by molar-refractivity contribution is -0.141. The number of halogens is 2. The van der Waals surface area contributed by atoms with Gasteiger partial charge in [-0.3, -0.25) is 4.79 Å². The average molecular weight is 396 g/mol.